The number of ether oxygens (including phenoxy) is 1. The van der Waals surface area contributed by atoms with Gasteiger partial charge in [0.25, 0.3) is 0 Å². The van der Waals surface area contributed by atoms with Gasteiger partial charge >= 0.3 is 0 Å². The smallest absolute Gasteiger partial charge is 0.125 e. The minimum Gasteiger partial charge on any atom is -0.383 e. The summed E-state index contributed by atoms with van der Waals surface area (Å²) in [5.74, 6) is 1.11. The van der Waals surface area contributed by atoms with Crippen molar-refractivity contribution < 1.29 is 9.13 Å². The van der Waals surface area contributed by atoms with Gasteiger partial charge in [0, 0.05) is 25.5 Å². The second-order valence-corrected chi connectivity index (χ2v) is 4.87. The van der Waals surface area contributed by atoms with E-state index in [9.17, 15) is 4.39 Å². The predicted molar refractivity (Wildman–Crippen MR) is 75.3 cm³/mol. The van der Waals surface area contributed by atoms with E-state index < -0.39 is 0 Å². The second kappa shape index (κ2) is 6.35. The van der Waals surface area contributed by atoms with Gasteiger partial charge in [-0.2, -0.15) is 0 Å². The highest BCUT2D eigenvalue weighted by molar-refractivity contribution is 6.17. The number of rotatable bonds is 6. The number of methoxy groups -OCH3 is 1. The SMILES string of the molecule is CCC(COC)n1c(CCCl)nc2cc(F)ccc21. The van der Waals surface area contributed by atoms with Crippen LogP contribution in [0, 0.1) is 5.82 Å². The van der Waals surface area contributed by atoms with Crippen LogP contribution in [0.5, 0.6) is 0 Å². The van der Waals surface area contributed by atoms with Gasteiger partial charge in [-0.05, 0) is 18.6 Å². The number of alkyl halides is 1. The van der Waals surface area contributed by atoms with Crippen LogP contribution >= 0.6 is 11.6 Å². The quantitative estimate of drug-likeness (QED) is 0.759. The van der Waals surface area contributed by atoms with Crippen LogP contribution in [0.3, 0.4) is 0 Å². The number of halogens is 2. The minimum atomic E-state index is -0.269. The molecule has 0 saturated heterocycles. The van der Waals surface area contributed by atoms with Crippen molar-refractivity contribution in [2.45, 2.75) is 25.8 Å². The molecule has 1 heterocycles. The van der Waals surface area contributed by atoms with Gasteiger partial charge in [-0.1, -0.05) is 6.92 Å². The third kappa shape index (κ3) is 2.90. The summed E-state index contributed by atoms with van der Waals surface area (Å²) < 4.78 is 20.7. The van der Waals surface area contributed by atoms with E-state index in [4.69, 9.17) is 16.3 Å². The molecule has 1 atom stereocenters. The molecule has 5 heteroatoms. The van der Waals surface area contributed by atoms with Gasteiger partial charge in [0.2, 0.25) is 0 Å². The first-order chi connectivity index (χ1) is 9.21. The van der Waals surface area contributed by atoms with Crippen LogP contribution in [0.25, 0.3) is 11.0 Å². The molecule has 0 aliphatic carbocycles. The molecule has 0 aliphatic rings. The molecule has 1 aromatic carbocycles. The molecule has 104 valence electrons. The van der Waals surface area contributed by atoms with Crippen LogP contribution in [-0.4, -0.2) is 29.1 Å². The highest BCUT2D eigenvalue weighted by Gasteiger charge is 2.17. The maximum absolute atomic E-state index is 13.3. The number of hydrogen-bond donors (Lipinski definition) is 0. The Bertz CT molecular complexity index is 556. The number of hydrogen-bond acceptors (Lipinski definition) is 2. The Balaban J connectivity index is 2.56. The Morgan fingerprint density at radius 1 is 1.47 bits per heavy atom. The standard InChI is InChI=1S/C14H18ClFN2O/c1-3-11(9-19-2)18-13-5-4-10(16)8-12(13)17-14(18)6-7-15/h4-5,8,11H,3,6-7,9H2,1-2H3. The first-order valence-corrected chi connectivity index (χ1v) is 6.96. The summed E-state index contributed by atoms with van der Waals surface area (Å²) in [6.45, 7) is 2.71. The number of imidazole rings is 1. The summed E-state index contributed by atoms with van der Waals surface area (Å²) in [6.07, 6.45) is 1.59. The van der Waals surface area contributed by atoms with E-state index in [0.29, 0.717) is 24.4 Å². The molecule has 0 aliphatic heterocycles. The molecule has 1 aromatic heterocycles. The minimum absolute atomic E-state index is 0.193. The van der Waals surface area contributed by atoms with E-state index in [-0.39, 0.29) is 11.9 Å². The lowest BCUT2D eigenvalue weighted by Gasteiger charge is -2.19. The monoisotopic (exact) mass is 284 g/mol. The number of aryl methyl sites for hydroxylation is 1. The fourth-order valence-corrected chi connectivity index (χ4v) is 2.53. The van der Waals surface area contributed by atoms with Crippen LogP contribution in [0.4, 0.5) is 4.39 Å². The van der Waals surface area contributed by atoms with Gasteiger partial charge in [0.1, 0.15) is 11.6 Å². The van der Waals surface area contributed by atoms with Gasteiger partial charge in [-0.15, -0.1) is 11.6 Å². The van der Waals surface area contributed by atoms with Crippen molar-refractivity contribution in [3.05, 3.63) is 29.8 Å². The number of aromatic nitrogens is 2. The van der Waals surface area contributed by atoms with Gasteiger partial charge in [-0.25, -0.2) is 9.37 Å². The Morgan fingerprint density at radius 3 is 2.89 bits per heavy atom. The largest absolute Gasteiger partial charge is 0.383 e. The van der Waals surface area contributed by atoms with E-state index in [0.717, 1.165) is 17.8 Å². The second-order valence-electron chi connectivity index (χ2n) is 4.49. The highest BCUT2D eigenvalue weighted by atomic mass is 35.5. The van der Waals surface area contributed by atoms with Crippen LogP contribution in [0.2, 0.25) is 0 Å². The summed E-state index contributed by atoms with van der Waals surface area (Å²) in [4.78, 5) is 4.50. The lowest BCUT2D eigenvalue weighted by atomic mass is 10.2. The van der Waals surface area contributed by atoms with Crippen molar-refractivity contribution in [3.8, 4) is 0 Å². The van der Waals surface area contributed by atoms with Crippen molar-refractivity contribution in [2.75, 3.05) is 19.6 Å². The Labute approximate surface area is 117 Å². The van der Waals surface area contributed by atoms with Crippen molar-refractivity contribution in [2.24, 2.45) is 0 Å². The van der Waals surface area contributed by atoms with E-state index in [2.05, 4.69) is 16.5 Å². The molecule has 0 radical (unpaired) electrons. The van der Waals surface area contributed by atoms with Crippen LogP contribution in [0.15, 0.2) is 18.2 Å². The lowest BCUT2D eigenvalue weighted by Crippen LogP contribution is -2.16. The summed E-state index contributed by atoms with van der Waals surface area (Å²) in [7, 11) is 1.68. The molecule has 3 nitrogen and oxygen atoms in total. The molecule has 0 fully saturated rings. The predicted octanol–water partition coefficient (Wildman–Crippen LogP) is 3.55. The topological polar surface area (TPSA) is 27.1 Å². The molecule has 0 spiro atoms. The summed E-state index contributed by atoms with van der Waals surface area (Å²) in [5.41, 5.74) is 1.61. The molecular formula is C14H18ClFN2O. The van der Waals surface area contributed by atoms with Gasteiger partial charge in [0.05, 0.1) is 23.7 Å². The van der Waals surface area contributed by atoms with Crippen molar-refractivity contribution in [1.29, 1.82) is 0 Å². The molecular weight excluding hydrogens is 267 g/mol. The first kappa shape index (κ1) is 14.3. The van der Waals surface area contributed by atoms with Crippen molar-refractivity contribution in [3.63, 3.8) is 0 Å². The summed E-state index contributed by atoms with van der Waals surface area (Å²) >= 11 is 5.83. The van der Waals surface area contributed by atoms with Crippen molar-refractivity contribution >= 4 is 22.6 Å². The maximum Gasteiger partial charge on any atom is 0.125 e. The fourth-order valence-electron chi connectivity index (χ4n) is 2.36. The molecule has 19 heavy (non-hydrogen) atoms. The zero-order valence-electron chi connectivity index (χ0n) is 11.2. The lowest BCUT2D eigenvalue weighted by molar-refractivity contribution is 0.153. The first-order valence-electron chi connectivity index (χ1n) is 6.42. The van der Waals surface area contributed by atoms with Gasteiger partial charge < -0.3 is 9.30 Å². The maximum atomic E-state index is 13.3. The highest BCUT2D eigenvalue weighted by Crippen LogP contribution is 2.24. The van der Waals surface area contributed by atoms with E-state index in [1.54, 1.807) is 13.2 Å². The number of benzene rings is 1. The zero-order valence-corrected chi connectivity index (χ0v) is 12.0. The molecule has 2 rings (SSSR count). The molecule has 2 aromatic rings. The number of fused-ring (bicyclic) bond motifs is 1. The average molecular weight is 285 g/mol. The molecule has 0 saturated carbocycles. The van der Waals surface area contributed by atoms with Gasteiger partial charge in [-0.3, -0.25) is 0 Å². The Morgan fingerprint density at radius 2 is 2.26 bits per heavy atom. The molecule has 0 bridgehead atoms. The molecule has 0 N–H and O–H groups in total. The summed E-state index contributed by atoms with van der Waals surface area (Å²) in [5, 5.41) is 0. The van der Waals surface area contributed by atoms with Crippen LogP contribution in [0.1, 0.15) is 25.2 Å². The molecule has 0 amide bonds. The zero-order chi connectivity index (χ0) is 13.8. The third-order valence-corrected chi connectivity index (χ3v) is 3.43. The van der Waals surface area contributed by atoms with Crippen molar-refractivity contribution in [1.82, 2.24) is 9.55 Å². The number of nitrogens with zero attached hydrogens (tertiary/aromatic N) is 2. The Kier molecular flexibility index (Phi) is 4.77. The summed E-state index contributed by atoms with van der Waals surface area (Å²) in [6, 6.07) is 4.89. The molecule has 1 unspecified atom stereocenters. The van der Waals surface area contributed by atoms with E-state index in [1.807, 2.05) is 0 Å². The van der Waals surface area contributed by atoms with E-state index >= 15 is 0 Å². The van der Waals surface area contributed by atoms with Crippen LogP contribution in [-0.2, 0) is 11.2 Å². The Hall–Kier alpha value is -1.13. The van der Waals surface area contributed by atoms with Gasteiger partial charge in [0.15, 0.2) is 0 Å². The third-order valence-electron chi connectivity index (χ3n) is 3.24. The van der Waals surface area contributed by atoms with E-state index in [1.165, 1.54) is 12.1 Å². The normalized spacial score (nSPS) is 13.1. The van der Waals surface area contributed by atoms with Crippen LogP contribution < -0.4 is 0 Å². The average Bonchev–Trinajstić information content (AvgIpc) is 2.73. The fraction of sp³-hybridized carbons (Fsp3) is 0.500.